The lowest BCUT2D eigenvalue weighted by atomic mass is 10.6. The Bertz CT molecular complexity index is 123. The maximum absolute atomic E-state index is 4.77. The summed E-state index contributed by atoms with van der Waals surface area (Å²) in [4.78, 5) is 2.80. The Labute approximate surface area is 42.1 Å². The number of hydrogen-bond donors (Lipinski definition) is 1. The van der Waals surface area contributed by atoms with Crippen molar-refractivity contribution >= 4 is 0 Å². The van der Waals surface area contributed by atoms with Gasteiger partial charge in [0.05, 0.1) is 7.11 Å². The average molecular weight is 96.1 g/mol. The molecule has 0 saturated heterocycles. The zero-order valence-electron chi connectivity index (χ0n) is 4.06. The molecule has 0 aliphatic heterocycles. The summed E-state index contributed by atoms with van der Waals surface area (Å²) in [6, 6.07) is 2.81. The molecule has 1 rings (SSSR count). The lowest BCUT2D eigenvalue weighted by molar-refractivity contribution is 0.414. The highest BCUT2D eigenvalue weighted by atomic mass is 16.5. The first kappa shape index (κ1) is 4.24. The molecule has 0 aliphatic carbocycles. The van der Waals surface area contributed by atoms with Gasteiger partial charge in [-0.15, -0.1) is 0 Å². The third-order valence-corrected chi connectivity index (χ3v) is 0.732. The second-order valence-corrected chi connectivity index (χ2v) is 1.17. The van der Waals surface area contributed by atoms with Gasteiger partial charge in [-0.1, -0.05) is 0 Å². The van der Waals surface area contributed by atoms with Crippen molar-refractivity contribution in [3.63, 3.8) is 0 Å². The number of H-pyrrole nitrogens is 1. The van der Waals surface area contributed by atoms with Crippen LogP contribution in [0.1, 0.15) is 0 Å². The largest absolute Gasteiger partial charge is 0.495 e. The van der Waals surface area contributed by atoms with E-state index in [2.05, 4.69) is 11.1 Å². The van der Waals surface area contributed by atoms with E-state index in [4.69, 9.17) is 4.74 Å². The molecule has 0 saturated carbocycles. The second kappa shape index (κ2) is 1.69. The number of rotatable bonds is 1. The molecular weight excluding hydrogens is 90.1 g/mol. The molecule has 1 N–H and O–H groups in total. The van der Waals surface area contributed by atoms with Crippen molar-refractivity contribution < 1.29 is 4.74 Å². The number of aromatic amines is 1. The molecule has 1 radical (unpaired) electrons. The van der Waals surface area contributed by atoms with Crippen molar-refractivity contribution in [3.05, 3.63) is 18.5 Å². The quantitative estimate of drug-likeness (QED) is 0.550. The third-order valence-electron chi connectivity index (χ3n) is 0.732. The Morgan fingerprint density at radius 1 is 1.86 bits per heavy atom. The predicted molar refractivity (Wildman–Crippen MR) is 26.2 cm³/mol. The predicted octanol–water partition coefficient (Wildman–Crippen LogP) is 0.823. The molecular formula is C5H6NO. The number of hydrogen-bond acceptors (Lipinski definition) is 1. The van der Waals surface area contributed by atoms with Crippen LogP contribution in [0.3, 0.4) is 0 Å². The number of aromatic nitrogens is 1. The van der Waals surface area contributed by atoms with Crippen LogP contribution >= 0.6 is 0 Å². The highest BCUT2D eigenvalue weighted by molar-refractivity contribution is 5.12. The zero-order chi connectivity index (χ0) is 5.11. The first-order valence-corrected chi connectivity index (χ1v) is 2.02. The fourth-order valence-corrected chi connectivity index (χ4v) is 0.390. The summed E-state index contributed by atoms with van der Waals surface area (Å²) < 4.78 is 4.77. The highest BCUT2D eigenvalue weighted by Gasteiger charge is 1.83. The highest BCUT2D eigenvalue weighted by Crippen LogP contribution is 2.02. The van der Waals surface area contributed by atoms with E-state index in [-0.39, 0.29) is 0 Å². The lowest BCUT2D eigenvalue weighted by Crippen LogP contribution is -1.75. The molecule has 2 nitrogen and oxygen atoms in total. The van der Waals surface area contributed by atoms with Crippen LogP contribution in [0.15, 0.2) is 12.4 Å². The van der Waals surface area contributed by atoms with Gasteiger partial charge in [-0.3, -0.25) is 0 Å². The van der Waals surface area contributed by atoms with Gasteiger partial charge in [0, 0.05) is 18.5 Å². The van der Waals surface area contributed by atoms with E-state index >= 15 is 0 Å². The molecule has 7 heavy (non-hydrogen) atoms. The first-order valence-electron chi connectivity index (χ1n) is 2.02. The standard InChI is InChI=1S/C5H6NO/c1-7-5-2-3-6-4-5/h3-4,6H,1H3. The number of ether oxygens (including phenoxy) is 1. The van der Waals surface area contributed by atoms with Crippen LogP contribution in [0.25, 0.3) is 0 Å². The van der Waals surface area contributed by atoms with Crippen LogP contribution in [-0.2, 0) is 0 Å². The molecule has 0 amide bonds. The minimum absolute atomic E-state index is 0.750. The zero-order valence-corrected chi connectivity index (χ0v) is 4.06. The average Bonchev–Trinajstić information content (AvgIpc) is 2.14. The number of nitrogens with one attached hydrogen (secondary N) is 1. The Morgan fingerprint density at radius 2 is 2.71 bits per heavy atom. The Hall–Kier alpha value is -0.920. The smallest absolute Gasteiger partial charge is 0.144 e. The van der Waals surface area contributed by atoms with Crippen LogP contribution in [0.2, 0.25) is 0 Å². The van der Waals surface area contributed by atoms with Crippen molar-refractivity contribution in [2.24, 2.45) is 0 Å². The SMILES string of the molecule is COc1[c]c[nH]c1. The van der Waals surface area contributed by atoms with Crippen molar-refractivity contribution in [2.45, 2.75) is 0 Å². The molecule has 37 valence electrons. The molecule has 0 aromatic carbocycles. The van der Waals surface area contributed by atoms with Gasteiger partial charge in [0.15, 0.2) is 0 Å². The van der Waals surface area contributed by atoms with E-state index < -0.39 is 0 Å². The summed E-state index contributed by atoms with van der Waals surface area (Å²) in [5, 5.41) is 0. The van der Waals surface area contributed by atoms with Gasteiger partial charge in [-0.25, -0.2) is 0 Å². The van der Waals surface area contributed by atoms with E-state index in [0.717, 1.165) is 5.75 Å². The van der Waals surface area contributed by atoms with Crippen molar-refractivity contribution in [1.82, 2.24) is 4.98 Å². The molecule has 0 aliphatic rings. The van der Waals surface area contributed by atoms with Gasteiger partial charge in [-0.2, -0.15) is 0 Å². The van der Waals surface area contributed by atoms with E-state index in [9.17, 15) is 0 Å². The Morgan fingerprint density at radius 3 is 3.00 bits per heavy atom. The normalized spacial score (nSPS) is 8.71. The van der Waals surface area contributed by atoms with Gasteiger partial charge in [-0.05, 0) is 0 Å². The summed E-state index contributed by atoms with van der Waals surface area (Å²) in [6.07, 6.45) is 3.43. The van der Waals surface area contributed by atoms with Gasteiger partial charge < -0.3 is 9.72 Å². The monoisotopic (exact) mass is 96.0 g/mol. The fraction of sp³-hybridized carbons (Fsp3) is 0.200. The molecule has 1 aromatic heterocycles. The minimum atomic E-state index is 0.750. The van der Waals surface area contributed by atoms with Gasteiger partial charge in [0.25, 0.3) is 0 Å². The van der Waals surface area contributed by atoms with E-state index in [0.29, 0.717) is 0 Å². The first-order chi connectivity index (χ1) is 3.43. The van der Waals surface area contributed by atoms with E-state index in [1.165, 1.54) is 0 Å². The molecule has 0 unspecified atom stereocenters. The molecule has 1 heterocycles. The molecule has 0 bridgehead atoms. The van der Waals surface area contributed by atoms with Crippen molar-refractivity contribution in [1.29, 1.82) is 0 Å². The molecule has 0 spiro atoms. The summed E-state index contributed by atoms with van der Waals surface area (Å²) in [7, 11) is 1.61. The van der Waals surface area contributed by atoms with E-state index in [1.54, 1.807) is 19.5 Å². The maximum atomic E-state index is 4.77. The summed E-state index contributed by atoms with van der Waals surface area (Å²) in [6.45, 7) is 0. The van der Waals surface area contributed by atoms with E-state index in [1.807, 2.05) is 0 Å². The van der Waals surface area contributed by atoms with Crippen molar-refractivity contribution in [2.75, 3.05) is 7.11 Å². The lowest BCUT2D eigenvalue weighted by Gasteiger charge is -1.86. The topological polar surface area (TPSA) is 25.0 Å². The van der Waals surface area contributed by atoms with Crippen LogP contribution in [-0.4, -0.2) is 12.1 Å². The maximum Gasteiger partial charge on any atom is 0.144 e. The Balaban J connectivity index is 2.76. The summed E-state index contributed by atoms with van der Waals surface area (Å²) in [5.74, 6) is 0.750. The minimum Gasteiger partial charge on any atom is -0.495 e. The second-order valence-electron chi connectivity index (χ2n) is 1.17. The number of methoxy groups -OCH3 is 1. The summed E-state index contributed by atoms with van der Waals surface area (Å²) in [5.41, 5.74) is 0. The van der Waals surface area contributed by atoms with Gasteiger partial charge >= 0.3 is 0 Å². The van der Waals surface area contributed by atoms with Gasteiger partial charge in [0.1, 0.15) is 5.75 Å². The van der Waals surface area contributed by atoms with Crippen molar-refractivity contribution in [3.8, 4) is 5.75 Å². The molecule has 1 aromatic rings. The molecule has 0 atom stereocenters. The summed E-state index contributed by atoms with van der Waals surface area (Å²) >= 11 is 0. The van der Waals surface area contributed by atoms with Crippen LogP contribution in [0.5, 0.6) is 5.75 Å². The fourth-order valence-electron chi connectivity index (χ4n) is 0.390. The molecule has 0 fully saturated rings. The van der Waals surface area contributed by atoms with Crippen LogP contribution < -0.4 is 4.74 Å². The van der Waals surface area contributed by atoms with Crippen LogP contribution in [0.4, 0.5) is 0 Å². The van der Waals surface area contributed by atoms with Crippen LogP contribution in [0, 0.1) is 6.07 Å². The third kappa shape index (κ3) is 0.738. The van der Waals surface area contributed by atoms with Gasteiger partial charge in [0.2, 0.25) is 0 Å². The Kier molecular flexibility index (Phi) is 1.02. The molecule has 2 heteroatoms.